The lowest BCUT2D eigenvalue weighted by molar-refractivity contribution is -0.139. The van der Waals surface area contributed by atoms with Crippen molar-refractivity contribution >= 4 is 5.97 Å². The molecule has 0 fully saturated rings. The lowest BCUT2D eigenvalue weighted by Crippen LogP contribution is -2.05. The summed E-state index contributed by atoms with van der Waals surface area (Å²) in [4.78, 5) is 11.6. The molecule has 1 aliphatic heterocycles. The maximum atomic E-state index is 11.6. The van der Waals surface area contributed by atoms with E-state index in [1.54, 1.807) is 0 Å². The number of carbonyl (C=O) groups is 1. The zero-order chi connectivity index (χ0) is 27.5. The molecule has 0 aromatic heterocycles. The molecule has 38 heavy (non-hydrogen) atoms. The highest BCUT2D eigenvalue weighted by atomic mass is 16.5. The van der Waals surface area contributed by atoms with E-state index in [0.29, 0.717) is 0 Å². The van der Waals surface area contributed by atoms with Crippen molar-refractivity contribution in [2.24, 2.45) is 0 Å². The average Bonchev–Trinajstić information content (AvgIpc) is 3.23. The minimum absolute atomic E-state index is 0.0282. The highest BCUT2D eigenvalue weighted by Gasteiger charge is 2.21. The first-order chi connectivity index (χ1) is 18.6. The zero-order valence-electron chi connectivity index (χ0n) is 25.8. The van der Waals surface area contributed by atoms with Crippen molar-refractivity contribution in [2.75, 3.05) is 0 Å². The van der Waals surface area contributed by atoms with Gasteiger partial charge in [-0.2, -0.15) is 0 Å². The molecule has 2 unspecified atom stereocenters. The third-order valence-corrected chi connectivity index (χ3v) is 8.37. The van der Waals surface area contributed by atoms with E-state index in [1.165, 1.54) is 154 Å². The summed E-state index contributed by atoms with van der Waals surface area (Å²) in [6.07, 6.45) is 38.5. The van der Waals surface area contributed by atoms with E-state index in [2.05, 4.69) is 6.92 Å². The summed E-state index contributed by atoms with van der Waals surface area (Å²) in [7, 11) is 0. The van der Waals surface area contributed by atoms with Crippen LogP contribution in [0.1, 0.15) is 194 Å². The van der Waals surface area contributed by atoms with E-state index < -0.39 is 0 Å². The van der Waals surface area contributed by atoms with Crippen LogP contribution in [-0.2, 0) is 9.53 Å². The van der Waals surface area contributed by atoms with Gasteiger partial charge in [-0.1, -0.05) is 161 Å². The number of unbranched alkanes of at least 4 members (excludes halogenated alkanes) is 23. The standard InChI is InChI=1S/C35H66O3/c1-3-4-5-6-7-8-9-10-11-12-13-17-20-23-26-29-34(36)30-27-24-21-18-15-14-16-19-22-25-28-33-31-32(2)38-35(33)37/h31-32,34,36H,3-30H2,1-2H3. The van der Waals surface area contributed by atoms with Crippen LogP contribution in [0.15, 0.2) is 11.6 Å². The first-order valence-corrected chi connectivity index (χ1v) is 17.2. The van der Waals surface area contributed by atoms with E-state index in [9.17, 15) is 9.90 Å². The lowest BCUT2D eigenvalue weighted by atomic mass is 10.0. The van der Waals surface area contributed by atoms with Crippen LogP contribution in [0.5, 0.6) is 0 Å². The Bertz CT molecular complexity index is 555. The van der Waals surface area contributed by atoms with Crippen molar-refractivity contribution < 1.29 is 14.6 Å². The summed E-state index contributed by atoms with van der Waals surface area (Å²) < 4.78 is 5.15. The van der Waals surface area contributed by atoms with Gasteiger partial charge in [0.1, 0.15) is 6.10 Å². The molecule has 3 nitrogen and oxygen atoms in total. The fourth-order valence-electron chi connectivity index (χ4n) is 5.82. The predicted molar refractivity (Wildman–Crippen MR) is 165 cm³/mol. The van der Waals surface area contributed by atoms with Crippen molar-refractivity contribution in [1.82, 2.24) is 0 Å². The van der Waals surface area contributed by atoms with Gasteiger partial charge >= 0.3 is 5.97 Å². The summed E-state index contributed by atoms with van der Waals surface area (Å²) in [6.45, 7) is 4.22. The minimum Gasteiger partial charge on any atom is -0.455 e. The number of hydrogen-bond acceptors (Lipinski definition) is 3. The van der Waals surface area contributed by atoms with Gasteiger partial charge in [-0.25, -0.2) is 4.79 Å². The van der Waals surface area contributed by atoms with Crippen molar-refractivity contribution in [3.05, 3.63) is 11.6 Å². The van der Waals surface area contributed by atoms with Gasteiger partial charge < -0.3 is 9.84 Å². The summed E-state index contributed by atoms with van der Waals surface area (Å²) in [5.41, 5.74) is 0.887. The number of hydrogen-bond donors (Lipinski definition) is 1. The van der Waals surface area contributed by atoms with Crippen molar-refractivity contribution in [3.8, 4) is 0 Å². The third-order valence-electron chi connectivity index (χ3n) is 8.37. The number of ether oxygens (including phenoxy) is 1. The quantitative estimate of drug-likeness (QED) is 0.0766. The second kappa shape index (κ2) is 26.4. The molecule has 0 aromatic rings. The van der Waals surface area contributed by atoms with Gasteiger partial charge in [-0.05, 0) is 38.7 Å². The smallest absolute Gasteiger partial charge is 0.334 e. The Kier molecular flexibility index (Phi) is 24.4. The monoisotopic (exact) mass is 535 g/mol. The van der Waals surface area contributed by atoms with Crippen molar-refractivity contribution in [3.63, 3.8) is 0 Å². The van der Waals surface area contributed by atoms with Crippen LogP contribution in [0.3, 0.4) is 0 Å². The Hall–Kier alpha value is -0.830. The van der Waals surface area contributed by atoms with Gasteiger partial charge in [0, 0.05) is 5.57 Å². The van der Waals surface area contributed by atoms with Crippen LogP contribution >= 0.6 is 0 Å². The van der Waals surface area contributed by atoms with E-state index in [-0.39, 0.29) is 18.2 Å². The van der Waals surface area contributed by atoms with E-state index >= 15 is 0 Å². The highest BCUT2D eigenvalue weighted by molar-refractivity contribution is 5.90. The maximum Gasteiger partial charge on any atom is 0.334 e. The van der Waals surface area contributed by atoms with Crippen molar-refractivity contribution in [1.29, 1.82) is 0 Å². The second-order valence-corrected chi connectivity index (χ2v) is 12.3. The van der Waals surface area contributed by atoms with Gasteiger partial charge in [0.2, 0.25) is 0 Å². The molecular weight excluding hydrogens is 468 g/mol. The highest BCUT2D eigenvalue weighted by Crippen LogP contribution is 2.20. The van der Waals surface area contributed by atoms with Crippen LogP contribution in [-0.4, -0.2) is 23.3 Å². The molecule has 1 heterocycles. The molecule has 0 saturated carbocycles. The molecule has 0 amide bonds. The molecule has 0 aliphatic carbocycles. The first-order valence-electron chi connectivity index (χ1n) is 17.2. The van der Waals surface area contributed by atoms with Gasteiger partial charge in [0.05, 0.1) is 6.10 Å². The van der Waals surface area contributed by atoms with E-state index in [1.807, 2.05) is 13.0 Å². The summed E-state index contributed by atoms with van der Waals surface area (Å²) in [5, 5.41) is 10.3. The maximum absolute atomic E-state index is 11.6. The largest absolute Gasteiger partial charge is 0.455 e. The fraction of sp³-hybridized carbons (Fsp3) is 0.914. The van der Waals surface area contributed by atoms with Gasteiger partial charge in [0.15, 0.2) is 0 Å². The summed E-state index contributed by atoms with van der Waals surface area (Å²) >= 11 is 0. The predicted octanol–water partition coefficient (Wildman–Crippen LogP) is 11.2. The Morgan fingerprint density at radius 3 is 1.29 bits per heavy atom. The number of aliphatic hydroxyl groups is 1. The fourth-order valence-corrected chi connectivity index (χ4v) is 5.82. The molecule has 1 rings (SSSR count). The molecule has 0 saturated heterocycles. The molecule has 2 atom stereocenters. The number of esters is 1. The van der Waals surface area contributed by atoms with Gasteiger partial charge in [0.25, 0.3) is 0 Å². The van der Waals surface area contributed by atoms with Gasteiger partial charge in [-0.15, -0.1) is 0 Å². The molecule has 1 aliphatic rings. The number of cyclic esters (lactones) is 1. The minimum atomic E-state index is -0.102. The number of rotatable bonds is 29. The zero-order valence-corrected chi connectivity index (χ0v) is 25.8. The molecule has 0 spiro atoms. The molecule has 0 aromatic carbocycles. The van der Waals surface area contributed by atoms with Crippen LogP contribution in [0, 0.1) is 0 Å². The van der Waals surface area contributed by atoms with E-state index in [4.69, 9.17) is 4.74 Å². The molecule has 1 N–H and O–H groups in total. The van der Waals surface area contributed by atoms with Crippen LogP contribution in [0.2, 0.25) is 0 Å². The summed E-state index contributed by atoms with van der Waals surface area (Å²) in [6, 6.07) is 0. The third kappa shape index (κ3) is 22.0. The number of carbonyl (C=O) groups excluding carboxylic acids is 1. The molecule has 3 heteroatoms. The van der Waals surface area contributed by atoms with Gasteiger partial charge in [-0.3, -0.25) is 0 Å². The molecule has 0 bridgehead atoms. The Labute approximate surface area is 238 Å². The van der Waals surface area contributed by atoms with Crippen molar-refractivity contribution in [2.45, 2.75) is 206 Å². The topological polar surface area (TPSA) is 46.5 Å². The lowest BCUT2D eigenvalue weighted by Gasteiger charge is -2.10. The SMILES string of the molecule is CCCCCCCCCCCCCCCCCC(O)CCCCCCCCCCCCC1=CC(C)OC1=O. The number of aliphatic hydroxyl groups excluding tert-OH is 1. The van der Waals surface area contributed by atoms with Crippen LogP contribution in [0.25, 0.3) is 0 Å². The van der Waals surface area contributed by atoms with E-state index in [0.717, 1.165) is 31.3 Å². The first kappa shape index (κ1) is 35.2. The summed E-state index contributed by atoms with van der Waals surface area (Å²) in [5.74, 6) is -0.102. The average molecular weight is 535 g/mol. The second-order valence-electron chi connectivity index (χ2n) is 12.3. The normalized spacial score (nSPS) is 16.1. The molecular formula is C35H66O3. The van der Waals surface area contributed by atoms with Crippen LogP contribution in [0.4, 0.5) is 0 Å². The Morgan fingerprint density at radius 2 is 0.947 bits per heavy atom. The molecule has 224 valence electrons. The Balaban J connectivity index is 1.71. The Morgan fingerprint density at radius 1 is 0.605 bits per heavy atom. The molecule has 0 radical (unpaired) electrons. The van der Waals surface area contributed by atoms with Crippen LogP contribution < -0.4 is 0 Å².